The lowest BCUT2D eigenvalue weighted by Gasteiger charge is -2.13. The van der Waals surface area contributed by atoms with Crippen LogP contribution in [0.3, 0.4) is 0 Å². The molecule has 1 aliphatic rings. The number of nitrogens with one attached hydrogen (secondary N) is 1. The fraction of sp³-hybridized carbons (Fsp3) is 0.583. The Morgan fingerprint density at radius 1 is 1.65 bits per heavy atom. The van der Waals surface area contributed by atoms with Gasteiger partial charge in [0, 0.05) is 24.7 Å². The molecule has 0 unspecified atom stereocenters. The molecule has 0 radical (unpaired) electrons. The summed E-state index contributed by atoms with van der Waals surface area (Å²) in [6, 6.07) is 1.67. The Balaban J connectivity index is 1.99. The van der Waals surface area contributed by atoms with Gasteiger partial charge in [-0.2, -0.15) is 0 Å². The van der Waals surface area contributed by atoms with Crippen molar-refractivity contribution < 1.29 is 9.90 Å². The molecule has 4 nitrogen and oxygen atoms in total. The first-order chi connectivity index (χ1) is 8.10. The summed E-state index contributed by atoms with van der Waals surface area (Å²) in [7, 11) is 0. The number of halogens is 1. The molecule has 2 rings (SSSR count). The van der Waals surface area contributed by atoms with E-state index < -0.39 is 0 Å². The van der Waals surface area contributed by atoms with E-state index in [-0.39, 0.29) is 17.9 Å². The predicted octanol–water partition coefficient (Wildman–Crippen LogP) is 1.66. The van der Waals surface area contributed by atoms with Crippen molar-refractivity contribution in [3.8, 4) is 0 Å². The maximum Gasteiger partial charge on any atom is 0.267 e. The van der Waals surface area contributed by atoms with E-state index in [2.05, 4.69) is 5.32 Å². The summed E-state index contributed by atoms with van der Waals surface area (Å²) in [5, 5.41) is 12.6. The van der Waals surface area contributed by atoms with Crippen molar-refractivity contribution in [3.63, 3.8) is 0 Å². The van der Waals surface area contributed by atoms with Crippen LogP contribution in [0.1, 0.15) is 30.3 Å². The lowest BCUT2D eigenvalue weighted by atomic mass is 10.1. The van der Waals surface area contributed by atoms with Crippen LogP contribution in [0.25, 0.3) is 0 Å². The molecule has 5 heteroatoms. The normalized spacial score (nSPS) is 16.9. The average Bonchev–Trinajstić information content (AvgIpc) is 3.02. The SMILES string of the molecule is CCn1cc(Cl)cc1C(=O)NCC1(CO)CC1. The number of rotatable bonds is 5. The van der Waals surface area contributed by atoms with Crippen molar-refractivity contribution in [1.82, 2.24) is 9.88 Å². The van der Waals surface area contributed by atoms with Crippen molar-refractivity contribution in [2.45, 2.75) is 26.3 Å². The summed E-state index contributed by atoms with van der Waals surface area (Å²) in [4.78, 5) is 12.0. The molecule has 1 aromatic rings. The van der Waals surface area contributed by atoms with Gasteiger partial charge in [0.15, 0.2) is 0 Å². The monoisotopic (exact) mass is 256 g/mol. The molecule has 0 bridgehead atoms. The molecule has 1 aliphatic carbocycles. The fourth-order valence-electron chi connectivity index (χ4n) is 1.85. The van der Waals surface area contributed by atoms with Crippen molar-refractivity contribution in [3.05, 3.63) is 23.0 Å². The first-order valence-electron chi connectivity index (χ1n) is 5.85. The summed E-state index contributed by atoms with van der Waals surface area (Å²) in [6.45, 7) is 3.35. The van der Waals surface area contributed by atoms with Gasteiger partial charge in [0.25, 0.3) is 5.91 Å². The maximum atomic E-state index is 12.0. The van der Waals surface area contributed by atoms with Crippen LogP contribution in [0.4, 0.5) is 0 Å². The van der Waals surface area contributed by atoms with Crippen LogP contribution in [0.2, 0.25) is 5.02 Å². The molecular weight excluding hydrogens is 240 g/mol. The number of hydrogen-bond acceptors (Lipinski definition) is 2. The highest BCUT2D eigenvalue weighted by atomic mass is 35.5. The third-order valence-corrected chi connectivity index (χ3v) is 3.56. The highest BCUT2D eigenvalue weighted by molar-refractivity contribution is 6.31. The molecule has 0 saturated heterocycles. The quantitative estimate of drug-likeness (QED) is 0.842. The zero-order valence-corrected chi connectivity index (χ0v) is 10.6. The molecule has 1 amide bonds. The van der Waals surface area contributed by atoms with E-state index in [4.69, 9.17) is 16.7 Å². The average molecular weight is 257 g/mol. The van der Waals surface area contributed by atoms with E-state index in [1.54, 1.807) is 12.3 Å². The summed E-state index contributed by atoms with van der Waals surface area (Å²) in [6.07, 6.45) is 3.72. The van der Waals surface area contributed by atoms with Crippen LogP contribution >= 0.6 is 11.6 Å². The zero-order chi connectivity index (χ0) is 12.5. The number of aliphatic hydroxyl groups is 1. The van der Waals surface area contributed by atoms with Gasteiger partial charge in [0.2, 0.25) is 0 Å². The molecule has 94 valence electrons. The number of carbonyl (C=O) groups is 1. The van der Waals surface area contributed by atoms with Gasteiger partial charge < -0.3 is 15.0 Å². The van der Waals surface area contributed by atoms with E-state index in [0.29, 0.717) is 23.8 Å². The highest BCUT2D eigenvalue weighted by Gasteiger charge is 2.42. The second kappa shape index (κ2) is 4.70. The summed E-state index contributed by atoms with van der Waals surface area (Å²) in [5.41, 5.74) is 0.509. The van der Waals surface area contributed by atoms with Gasteiger partial charge in [-0.05, 0) is 25.8 Å². The molecule has 1 fully saturated rings. The minimum absolute atomic E-state index is 0.0664. The number of amides is 1. The minimum atomic E-state index is -0.126. The molecular formula is C12H17ClN2O2. The maximum absolute atomic E-state index is 12.0. The smallest absolute Gasteiger partial charge is 0.267 e. The molecule has 1 saturated carbocycles. The standard InChI is InChI=1S/C12H17ClN2O2/c1-2-15-6-9(13)5-10(15)11(17)14-7-12(8-16)3-4-12/h5-6,16H,2-4,7-8H2,1H3,(H,14,17). The van der Waals surface area contributed by atoms with E-state index >= 15 is 0 Å². The van der Waals surface area contributed by atoms with Gasteiger partial charge >= 0.3 is 0 Å². The van der Waals surface area contributed by atoms with E-state index in [1.807, 2.05) is 11.5 Å². The number of hydrogen-bond donors (Lipinski definition) is 2. The van der Waals surface area contributed by atoms with Crippen LogP contribution in [0.5, 0.6) is 0 Å². The van der Waals surface area contributed by atoms with Gasteiger partial charge in [-0.25, -0.2) is 0 Å². The number of aromatic nitrogens is 1. The van der Waals surface area contributed by atoms with E-state index in [9.17, 15) is 4.79 Å². The Morgan fingerprint density at radius 3 is 2.88 bits per heavy atom. The topological polar surface area (TPSA) is 54.3 Å². The second-order valence-corrected chi connectivity index (χ2v) is 5.11. The Labute approximate surface area is 106 Å². The van der Waals surface area contributed by atoms with Crippen LogP contribution in [-0.2, 0) is 6.54 Å². The highest BCUT2D eigenvalue weighted by Crippen LogP contribution is 2.44. The van der Waals surface area contributed by atoms with Crippen LogP contribution in [-0.4, -0.2) is 28.7 Å². The summed E-state index contributed by atoms with van der Waals surface area (Å²) in [5.74, 6) is -0.126. The Kier molecular flexibility index (Phi) is 3.45. The molecule has 1 heterocycles. The molecule has 0 atom stereocenters. The minimum Gasteiger partial charge on any atom is -0.396 e. The predicted molar refractivity (Wildman–Crippen MR) is 66.2 cm³/mol. The Morgan fingerprint density at radius 2 is 2.35 bits per heavy atom. The van der Waals surface area contributed by atoms with E-state index in [0.717, 1.165) is 12.8 Å². The van der Waals surface area contributed by atoms with Crippen LogP contribution in [0.15, 0.2) is 12.3 Å². The van der Waals surface area contributed by atoms with Gasteiger partial charge in [-0.1, -0.05) is 11.6 Å². The fourth-order valence-corrected chi connectivity index (χ4v) is 2.07. The lowest BCUT2D eigenvalue weighted by molar-refractivity contribution is 0.0926. The Bertz CT molecular complexity index is 424. The third-order valence-electron chi connectivity index (χ3n) is 3.35. The van der Waals surface area contributed by atoms with Crippen LogP contribution in [0, 0.1) is 5.41 Å². The van der Waals surface area contributed by atoms with Gasteiger partial charge in [0.1, 0.15) is 5.69 Å². The molecule has 0 aromatic carbocycles. The van der Waals surface area contributed by atoms with Gasteiger partial charge in [-0.3, -0.25) is 4.79 Å². The van der Waals surface area contributed by atoms with Crippen molar-refractivity contribution in [2.75, 3.05) is 13.2 Å². The molecule has 2 N–H and O–H groups in total. The molecule has 0 aliphatic heterocycles. The molecule has 0 spiro atoms. The third kappa shape index (κ3) is 2.64. The first-order valence-corrected chi connectivity index (χ1v) is 6.23. The number of nitrogens with zero attached hydrogens (tertiary/aromatic N) is 1. The van der Waals surface area contributed by atoms with Gasteiger partial charge in [-0.15, -0.1) is 0 Å². The number of aryl methyl sites for hydroxylation is 1. The van der Waals surface area contributed by atoms with Crippen molar-refractivity contribution >= 4 is 17.5 Å². The van der Waals surface area contributed by atoms with Gasteiger partial charge in [0.05, 0.1) is 11.6 Å². The number of aliphatic hydroxyl groups excluding tert-OH is 1. The van der Waals surface area contributed by atoms with Crippen molar-refractivity contribution in [2.24, 2.45) is 5.41 Å². The van der Waals surface area contributed by atoms with Crippen LogP contribution < -0.4 is 5.32 Å². The summed E-state index contributed by atoms with van der Waals surface area (Å²) >= 11 is 5.88. The molecule has 1 aromatic heterocycles. The van der Waals surface area contributed by atoms with E-state index in [1.165, 1.54) is 0 Å². The second-order valence-electron chi connectivity index (χ2n) is 4.67. The first kappa shape index (κ1) is 12.5. The molecule has 17 heavy (non-hydrogen) atoms. The largest absolute Gasteiger partial charge is 0.396 e. The zero-order valence-electron chi connectivity index (χ0n) is 9.87. The number of carbonyl (C=O) groups excluding carboxylic acids is 1. The summed E-state index contributed by atoms with van der Waals surface area (Å²) < 4.78 is 1.82. The van der Waals surface area contributed by atoms with Crippen molar-refractivity contribution in [1.29, 1.82) is 0 Å². The lowest BCUT2D eigenvalue weighted by Crippen LogP contribution is -2.33. The Hall–Kier alpha value is -1.00.